The van der Waals surface area contributed by atoms with Crippen LogP contribution in [0.2, 0.25) is 5.02 Å². The number of halogens is 2. The summed E-state index contributed by atoms with van der Waals surface area (Å²) in [5.74, 6) is 0.304. The molecule has 0 bridgehead atoms. The SMILES string of the molecule is Cl.O=C(NCC1CNCC1O)c1cc(-c2ccco2)n(-c2ccc(Cl)cc2)n1. The molecule has 3 heterocycles. The number of hydrogen-bond donors (Lipinski definition) is 3. The maximum Gasteiger partial charge on any atom is 0.271 e. The predicted octanol–water partition coefficient (Wildman–Crippen LogP) is 2.52. The van der Waals surface area contributed by atoms with Gasteiger partial charge in [-0.25, -0.2) is 4.68 Å². The molecule has 1 saturated heterocycles. The highest BCUT2D eigenvalue weighted by Gasteiger charge is 2.26. The smallest absolute Gasteiger partial charge is 0.271 e. The van der Waals surface area contributed by atoms with Crippen molar-refractivity contribution in [3.05, 3.63) is 59.4 Å². The standard InChI is InChI=1S/C19H19ClN4O3.ClH/c20-13-3-5-14(6-4-13)24-16(18-2-1-7-27-18)8-15(23-24)19(26)22-10-12-9-21-11-17(12)25;/h1-8,12,17,21,25H,9-11H2,(H,22,26);1H. The van der Waals surface area contributed by atoms with Crippen LogP contribution in [0.15, 0.2) is 53.1 Å². The van der Waals surface area contributed by atoms with Gasteiger partial charge in [0.2, 0.25) is 0 Å². The van der Waals surface area contributed by atoms with Crippen molar-refractivity contribution < 1.29 is 14.3 Å². The van der Waals surface area contributed by atoms with Crippen LogP contribution in [0.5, 0.6) is 0 Å². The van der Waals surface area contributed by atoms with Gasteiger partial charge in [0.25, 0.3) is 5.91 Å². The van der Waals surface area contributed by atoms with E-state index in [1.165, 1.54) is 0 Å². The van der Waals surface area contributed by atoms with Gasteiger partial charge in [0.1, 0.15) is 5.69 Å². The second-order valence-corrected chi connectivity index (χ2v) is 6.91. The monoisotopic (exact) mass is 422 g/mol. The van der Waals surface area contributed by atoms with E-state index in [0.717, 1.165) is 5.69 Å². The average molecular weight is 423 g/mol. The number of furan rings is 1. The van der Waals surface area contributed by atoms with E-state index in [1.54, 1.807) is 35.2 Å². The van der Waals surface area contributed by atoms with E-state index < -0.39 is 6.10 Å². The van der Waals surface area contributed by atoms with Crippen LogP contribution in [0.25, 0.3) is 17.1 Å². The van der Waals surface area contributed by atoms with Gasteiger partial charge in [-0.2, -0.15) is 5.10 Å². The number of aromatic nitrogens is 2. The first kappa shape index (κ1) is 20.4. The number of nitrogens with one attached hydrogen (secondary N) is 2. The normalized spacial score (nSPS) is 18.6. The first-order chi connectivity index (χ1) is 13.1. The number of aliphatic hydroxyl groups excluding tert-OH is 1. The largest absolute Gasteiger partial charge is 0.463 e. The zero-order chi connectivity index (χ0) is 18.8. The van der Waals surface area contributed by atoms with Gasteiger partial charge in [0, 0.05) is 36.6 Å². The Labute approximate surface area is 173 Å². The highest BCUT2D eigenvalue weighted by molar-refractivity contribution is 6.30. The van der Waals surface area contributed by atoms with E-state index in [-0.39, 0.29) is 29.9 Å². The Hall–Kier alpha value is -2.32. The van der Waals surface area contributed by atoms with Gasteiger partial charge in [-0.1, -0.05) is 11.6 Å². The van der Waals surface area contributed by atoms with Gasteiger partial charge in [-0.15, -0.1) is 12.4 Å². The fourth-order valence-corrected chi connectivity index (χ4v) is 3.24. The first-order valence-corrected chi connectivity index (χ1v) is 9.06. The number of carbonyl (C=O) groups excluding carboxylic acids is 1. The number of aliphatic hydroxyl groups is 1. The van der Waals surface area contributed by atoms with Gasteiger partial charge in [0.05, 0.1) is 18.1 Å². The molecule has 9 heteroatoms. The molecule has 1 aliphatic heterocycles. The van der Waals surface area contributed by atoms with Crippen molar-refractivity contribution in [1.82, 2.24) is 20.4 Å². The number of rotatable bonds is 5. The van der Waals surface area contributed by atoms with Gasteiger partial charge in [0.15, 0.2) is 11.5 Å². The van der Waals surface area contributed by atoms with Crippen LogP contribution in [0.3, 0.4) is 0 Å². The lowest BCUT2D eigenvalue weighted by atomic mass is 10.1. The van der Waals surface area contributed by atoms with Gasteiger partial charge in [-0.05, 0) is 36.4 Å². The highest BCUT2D eigenvalue weighted by atomic mass is 35.5. The van der Waals surface area contributed by atoms with Gasteiger partial charge < -0.3 is 20.2 Å². The molecule has 1 aliphatic rings. The van der Waals surface area contributed by atoms with Crippen molar-refractivity contribution in [2.45, 2.75) is 6.10 Å². The maximum absolute atomic E-state index is 12.6. The summed E-state index contributed by atoms with van der Waals surface area (Å²) in [6.45, 7) is 1.61. The quantitative estimate of drug-likeness (QED) is 0.587. The van der Waals surface area contributed by atoms with E-state index >= 15 is 0 Å². The van der Waals surface area contributed by atoms with Crippen molar-refractivity contribution in [3.63, 3.8) is 0 Å². The molecule has 1 fully saturated rings. The molecule has 0 aliphatic carbocycles. The number of benzene rings is 1. The molecule has 3 N–H and O–H groups in total. The molecule has 2 atom stereocenters. The average Bonchev–Trinajstić information content (AvgIpc) is 3.41. The first-order valence-electron chi connectivity index (χ1n) is 8.68. The molecule has 148 valence electrons. The minimum Gasteiger partial charge on any atom is -0.463 e. The summed E-state index contributed by atoms with van der Waals surface area (Å²) in [5, 5.41) is 20.9. The number of carbonyl (C=O) groups is 1. The maximum atomic E-state index is 12.6. The molecule has 0 spiro atoms. The summed E-state index contributed by atoms with van der Waals surface area (Å²) in [6, 6.07) is 12.5. The molecule has 0 saturated carbocycles. The Bertz CT molecular complexity index is 925. The summed E-state index contributed by atoms with van der Waals surface area (Å²) in [7, 11) is 0. The molecule has 2 aromatic heterocycles. The highest BCUT2D eigenvalue weighted by Crippen LogP contribution is 2.25. The van der Waals surface area contributed by atoms with Crippen LogP contribution >= 0.6 is 24.0 Å². The zero-order valence-electron chi connectivity index (χ0n) is 14.8. The van der Waals surface area contributed by atoms with Crippen LogP contribution in [-0.2, 0) is 0 Å². The van der Waals surface area contributed by atoms with Crippen molar-refractivity contribution >= 4 is 29.9 Å². The van der Waals surface area contributed by atoms with Crippen molar-refractivity contribution in [3.8, 4) is 17.1 Å². The van der Waals surface area contributed by atoms with Crippen molar-refractivity contribution in [2.75, 3.05) is 19.6 Å². The molecule has 3 aromatic rings. The van der Waals surface area contributed by atoms with Crippen LogP contribution in [0.1, 0.15) is 10.5 Å². The molecular weight excluding hydrogens is 403 g/mol. The molecule has 1 aromatic carbocycles. The van der Waals surface area contributed by atoms with E-state index in [2.05, 4.69) is 15.7 Å². The van der Waals surface area contributed by atoms with Gasteiger partial charge >= 0.3 is 0 Å². The van der Waals surface area contributed by atoms with Crippen LogP contribution < -0.4 is 10.6 Å². The van der Waals surface area contributed by atoms with Crippen LogP contribution in [0.4, 0.5) is 0 Å². The Morgan fingerprint density at radius 2 is 2.11 bits per heavy atom. The Kier molecular flexibility index (Phi) is 6.41. The number of amides is 1. The molecule has 2 unspecified atom stereocenters. The number of β-amino-alcohol motifs (C(OH)–C–C–N with tert-alkyl or cyclic N) is 1. The topological polar surface area (TPSA) is 92.3 Å². The minimum absolute atomic E-state index is 0. The third kappa shape index (κ3) is 4.23. The molecule has 0 radical (unpaired) electrons. The molecule has 4 rings (SSSR count). The lowest BCUT2D eigenvalue weighted by Crippen LogP contribution is -2.34. The number of nitrogens with zero attached hydrogens (tertiary/aromatic N) is 2. The van der Waals surface area contributed by atoms with E-state index in [9.17, 15) is 9.90 Å². The molecule has 7 nitrogen and oxygen atoms in total. The van der Waals surface area contributed by atoms with Crippen LogP contribution in [-0.4, -0.2) is 46.5 Å². The minimum atomic E-state index is -0.449. The Morgan fingerprint density at radius 1 is 1.32 bits per heavy atom. The summed E-state index contributed by atoms with van der Waals surface area (Å²) in [5.41, 5.74) is 1.70. The Morgan fingerprint density at radius 3 is 2.75 bits per heavy atom. The van der Waals surface area contributed by atoms with Crippen molar-refractivity contribution in [2.24, 2.45) is 5.92 Å². The molecule has 28 heavy (non-hydrogen) atoms. The third-order valence-electron chi connectivity index (χ3n) is 4.62. The lowest BCUT2D eigenvalue weighted by molar-refractivity contribution is 0.0921. The number of hydrogen-bond acceptors (Lipinski definition) is 5. The summed E-state index contributed by atoms with van der Waals surface area (Å²) < 4.78 is 7.14. The predicted molar refractivity (Wildman–Crippen MR) is 108 cm³/mol. The summed E-state index contributed by atoms with van der Waals surface area (Å²) in [6.07, 6.45) is 1.12. The third-order valence-corrected chi connectivity index (χ3v) is 4.87. The molecule has 1 amide bonds. The molecular formula is C19H20Cl2N4O3. The fraction of sp³-hybridized carbons (Fsp3) is 0.263. The fourth-order valence-electron chi connectivity index (χ4n) is 3.11. The van der Waals surface area contributed by atoms with Crippen LogP contribution in [0, 0.1) is 5.92 Å². The Balaban J connectivity index is 0.00000225. The second-order valence-electron chi connectivity index (χ2n) is 6.48. The zero-order valence-corrected chi connectivity index (χ0v) is 16.4. The lowest BCUT2D eigenvalue weighted by Gasteiger charge is -2.13. The van der Waals surface area contributed by atoms with Gasteiger partial charge in [-0.3, -0.25) is 4.79 Å². The van der Waals surface area contributed by atoms with E-state index in [0.29, 0.717) is 36.1 Å². The summed E-state index contributed by atoms with van der Waals surface area (Å²) in [4.78, 5) is 12.6. The second kappa shape index (κ2) is 8.79. The van der Waals surface area contributed by atoms with E-state index in [1.807, 2.05) is 18.2 Å². The van der Waals surface area contributed by atoms with Crippen molar-refractivity contribution in [1.29, 1.82) is 0 Å². The summed E-state index contributed by atoms with van der Waals surface area (Å²) >= 11 is 5.97. The van der Waals surface area contributed by atoms with E-state index in [4.69, 9.17) is 16.0 Å².